The zero-order valence-corrected chi connectivity index (χ0v) is 19.7. The number of ether oxygens (including phenoxy) is 2. The first-order chi connectivity index (χ1) is 16.0. The smallest absolute Gasteiger partial charge is 0.410 e. The topological polar surface area (TPSA) is 76.1 Å². The first kappa shape index (κ1) is 23.0. The zero-order valence-electron chi connectivity index (χ0n) is 18.1. The third-order valence-corrected chi connectivity index (χ3v) is 6.37. The summed E-state index contributed by atoms with van der Waals surface area (Å²) in [4.78, 5) is 26.6. The highest BCUT2D eigenvalue weighted by molar-refractivity contribution is 9.10. The highest BCUT2D eigenvalue weighted by Gasteiger charge is 2.34. The fourth-order valence-corrected chi connectivity index (χ4v) is 4.56. The molecule has 1 unspecified atom stereocenters. The standard InChI is InChI=1S/C26H24BrNO5/c1-32-15-14-28(24(25(29)30)17-10-12-18(27)13-11-17)26(31)33-16-23-21-8-4-2-6-19(21)20-7-3-5-9-22(20)23/h2-13,23-24H,14-16H2,1H3,(H,29,30). The molecule has 0 fully saturated rings. The lowest BCUT2D eigenvalue weighted by atomic mass is 9.98. The Bertz CT molecular complexity index is 1100. The van der Waals surface area contributed by atoms with Crippen LogP contribution >= 0.6 is 15.9 Å². The number of carboxylic acids is 1. The first-order valence-corrected chi connectivity index (χ1v) is 11.4. The van der Waals surface area contributed by atoms with Gasteiger partial charge in [-0.15, -0.1) is 0 Å². The van der Waals surface area contributed by atoms with Gasteiger partial charge in [-0.05, 0) is 39.9 Å². The summed E-state index contributed by atoms with van der Waals surface area (Å²) in [6.07, 6.45) is -0.691. The second-order valence-corrected chi connectivity index (χ2v) is 8.70. The Kier molecular flexibility index (Phi) is 7.11. The lowest BCUT2D eigenvalue weighted by Gasteiger charge is -2.29. The monoisotopic (exact) mass is 509 g/mol. The van der Waals surface area contributed by atoms with E-state index in [1.807, 2.05) is 36.4 Å². The number of amides is 1. The van der Waals surface area contributed by atoms with Crippen LogP contribution in [0.4, 0.5) is 4.79 Å². The van der Waals surface area contributed by atoms with E-state index in [4.69, 9.17) is 9.47 Å². The molecule has 3 aromatic carbocycles. The van der Waals surface area contributed by atoms with E-state index in [9.17, 15) is 14.7 Å². The molecule has 1 atom stereocenters. The number of fused-ring (bicyclic) bond motifs is 3. The van der Waals surface area contributed by atoms with Crippen molar-refractivity contribution in [2.75, 3.05) is 26.9 Å². The molecule has 0 saturated carbocycles. The molecule has 4 rings (SSSR count). The van der Waals surface area contributed by atoms with Crippen LogP contribution in [-0.4, -0.2) is 48.9 Å². The summed E-state index contributed by atoms with van der Waals surface area (Å²) in [5.41, 5.74) is 4.93. The van der Waals surface area contributed by atoms with Gasteiger partial charge in [-0.1, -0.05) is 76.6 Å². The lowest BCUT2D eigenvalue weighted by Crippen LogP contribution is -2.41. The molecule has 0 radical (unpaired) electrons. The molecule has 33 heavy (non-hydrogen) atoms. The number of hydrogen-bond acceptors (Lipinski definition) is 4. The second-order valence-electron chi connectivity index (χ2n) is 7.78. The van der Waals surface area contributed by atoms with Gasteiger partial charge in [0, 0.05) is 24.0 Å². The fraction of sp³-hybridized carbons (Fsp3) is 0.231. The number of hydrogen-bond donors (Lipinski definition) is 1. The van der Waals surface area contributed by atoms with Gasteiger partial charge in [-0.25, -0.2) is 9.59 Å². The molecule has 1 amide bonds. The van der Waals surface area contributed by atoms with E-state index < -0.39 is 18.1 Å². The van der Waals surface area contributed by atoms with Crippen molar-refractivity contribution in [3.05, 3.63) is 94.0 Å². The van der Waals surface area contributed by atoms with Crippen LogP contribution in [0.15, 0.2) is 77.3 Å². The molecular formula is C26H24BrNO5. The molecule has 0 saturated heterocycles. The number of methoxy groups -OCH3 is 1. The summed E-state index contributed by atoms with van der Waals surface area (Å²) >= 11 is 3.36. The van der Waals surface area contributed by atoms with Gasteiger partial charge in [0.05, 0.1) is 6.61 Å². The Morgan fingerprint density at radius 3 is 2.09 bits per heavy atom. The van der Waals surface area contributed by atoms with E-state index >= 15 is 0 Å². The Balaban J connectivity index is 1.58. The summed E-state index contributed by atoms with van der Waals surface area (Å²) in [7, 11) is 1.51. The number of halogens is 1. The van der Waals surface area contributed by atoms with Crippen molar-refractivity contribution < 1.29 is 24.2 Å². The van der Waals surface area contributed by atoms with Gasteiger partial charge in [0.25, 0.3) is 0 Å². The van der Waals surface area contributed by atoms with Crippen LogP contribution in [0.1, 0.15) is 28.7 Å². The van der Waals surface area contributed by atoms with E-state index in [1.54, 1.807) is 24.3 Å². The molecule has 1 aliphatic carbocycles. The SMILES string of the molecule is COCCN(C(=O)OCC1c2ccccc2-c2ccccc21)C(C(=O)O)c1ccc(Br)cc1. The number of aliphatic carboxylic acids is 1. The summed E-state index contributed by atoms with van der Waals surface area (Å²) in [5.74, 6) is -1.25. The van der Waals surface area contributed by atoms with Gasteiger partial charge in [-0.2, -0.15) is 0 Å². The van der Waals surface area contributed by atoms with Crippen LogP contribution in [0.5, 0.6) is 0 Å². The van der Waals surface area contributed by atoms with Crippen molar-refractivity contribution in [2.45, 2.75) is 12.0 Å². The minimum absolute atomic E-state index is 0.0835. The molecule has 1 aliphatic rings. The second kappa shape index (κ2) is 10.2. The van der Waals surface area contributed by atoms with Crippen LogP contribution < -0.4 is 0 Å². The Hall–Kier alpha value is -3.16. The predicted octanol–water partition coefficient (Wildman–Crippen LogP) is 5.47. The van der Waals surface area contributed by atoms with Crippen molar-refractivity contribution in [3.63, 3.8) is 0 Å². The Morgan fingerprint density at radius 2 is 1.55 bits per heavy atom. The number of carbonyl (C=O) groups is 2. The molecular weight excluding hydrogens is 486 g/mol. The normalized spacial score (nSPS) is 13.2. The van der Waals surface area contributed by atoms with Crippen LogP contribution in [-0.2, 0) is 14.3 Å². The number of rotatable bonds is 8. The van der Waals surface area contributed by atoms with Gasteiger partial charge in [0.2, 0.25) is 0 Å². The van der Waals surface area contributed by atoms with Crippen molar-refractivity contribution in [3.8, 4) is 11.1 Å². The quantitative estimate of drug-likeness (QED) is 0.435. The van der Waals surface area contributed by atoms with Gasteiger partial charge in [0.1, 0.15) is 6.61 Å². The molecule has 0 aliphatic heterocycles. The summed E-state index contributed by atoms with van der Waals surface area (Å²) in [6.45, 7) is 0.383. The van der Waals surface area contributed by atoms with Crippen molar-refractivity contribution in [2.24, 2.45) is 0 Å². The van der Waals surface area contributed by atoms with Gasteiger partial charge in [-0.3, -0.25) is 4.90 Å². The molecule has 170 valence electrons. The maximum atomic E-state index is 13.2. The minimum Gasteiger partial charge on any atom is -0.479 e. The van der Waals surface area contributed by atoms with Crippen molar-refractivity contribution >= 4 is 28.0 Å². The number of nitrogens with zero attached hydrogens (tertiary/aromatic N) is 1. The number of benzene rings is 3. The largest absolute Gasteiger partial charge is 0.479 e. The third kappa shape index (κ3) is 4.79. The molecule has 6 nitrogen and oxygen atoms in total. The van der Waals surface area contributed by atoms with E-state index in [2.05, 4.69) is 28.1 Å². The van der Waals surface area contributed by atoms with Crippen LogP contribution in [0.25, 0.3) is 11.1 Å². The highest BCUT2D eigenvalue weighted by Crippen LogP contribution is 2.44. The molecule has 0 aromatic heterocycles. The molecule has 0 spiro atoms. The molecule has 0 heterocycles. The van der Waals surface area contributed by atoms with E-state index in [0.29, 0.717) is 5.56 Å². The highest BCUT2D eigenvalue weighted by atomic mass is 79.9. The van der Waals surface area contributed by atoms with Gasteiger partial charge < -0.3 is 14.6 Å². The zero-order chi connectivity index (χ0) is 23.4. The van der Waals surface area contributed by atoms with E-state index in [-0.39, 0.29) is 25.7 Å². The third-order valence-electron chi connectivity index (χ3n) is 5.84. The van der Waals surface area contributed by atoms with Crippen LogP contribution in [0.2, 0.25) is 0 Å². The molecule has 3 aromatic rings. The van der Waals surface area contributed by atoms with Crippen LogP contribution in [0, 0.1) is 0 Å². The Morgan fingerprint density at radius 1 is 0.970 bits per heavy atom. The minimum atomic E-state index is -1.19. The molecule has 0 bridgehead atoms. The van der Waals surface area contributed by atoms with Crippen molar-refractivity contribution in [1.29, 1.82) is 0 Å². The van der Waals surface area contributed by atoms with Gasteiger partial charge >= 0.3 is 12.1 Å². The van der Waals surface area contributed by atoms with Crippen LogP contribution in [0.3, 0.4) is 0 Å². The summed E-state index contributed by atoms with van der Waals surface area (Å²) in [5, 5.41) is 9.95. The lowest BCUT2D eigenvalue weighted by molar-refractivity contribution is -0.143. The molecule has 1 N–H and O–H groups in total. The summed E-state index contributed by atoms with van der Waals surface area (Å²) in [6, 6.07) is 21.8. The maximum Gasteiger partial charge on any atom is 0.410 e. The summed E-state index contributed by atoms with van der Waals surface area (Å²) < 4.78 is 11.7. The number of carboxylic acid groups (broad SMARTS) is 1. The van der Waals surface area contributed by atoms with Crippen molar-refractivity contribution in [1.82, 2.24) is 4.90 Å². The number of carbonyl (C=O) groups excluding carboxylic acids is 1. The van der Waals surface area contributed by atoms with E-state index in [1.165, 1.54) is 12.0 Å². The first-order valence-electron chi connectivity index (χ1n) is 10.6. The maximum absolute atomic E-state index is 13.2. The molecule has 7 heteroatoms. The van der Waals surface area contributed by atoms with E-state index in [0.717, 1.165) is 26.7 Å². The predicted molar refractivity (Wildman–Crippen MR) is 128 cm³/mol. The Labute approximate surface area is 200 Å². The fourth-order valence-electron chi connectivity index (χ4n) is 4.29. The average molecular weight is 510 g/mol. The average Bonchev–Trinajstić information content (AvgIpc) is 3.14. The van der Waals surface area contributed by atoms with Gasteiger partial charge in [0.15, 0.2) is 6.04 Å².